The van der Waals surface area contributed by atoms with Crippen molar-refractivity contribution >= 4 is 22.8 Å². The molecule has 134 valence electrons. The van der Waals surface area contributed by atoms with Gasteiger partial charge in [0.25, 0.3) is 5.91 Å². The molecule has 0 saturated heterocycles. The number of nitrogens with zero attached hydrogens (tertiary/aromatic N) is 1. The van der Waals surface area contributed by atoms with E-state index in [4.69, 9.17) is 9.47 Å². The number of rotatable bonds is 5. The number of carbonyl (C=O) groups excluding carboxylic acids is 2. The Hall–Kier alpha value is -3.15. The van der Waals surface area contributed by atoms with Gasteiger partial charge in [-0.2, -0.15) is 0 Å². The normalized spacial score (nSPS) is 12.0. The second-order valence-corrected chi connectivity index (χ2v) is 5.73. The van der Waals surface area contributed by atoms with E-state index in [0.29, 0.717) is 28.6 Å². The lowest BCUT2D eigenvalue weighted by Crippen LogP contribution is -2.31. The molecule has 0 saturated carbocycles. The molecule has 0 N–H and O–H groups in total. The number of benzene rings is 2. The summed E-state index contributed by atoms with van der Waals surface area (Å²) < 4.78 is 25.0. The van der Waals surface area contributed by atoms with E-state index in [0.717, 1.165) is 0 Å². The number of methoxy groups -OCH3 is 1. The largest absolute Gasteiger partial charge is 0.481 e. The van der Waals surface area contributed by atoms with Crippen LogP contribution in [-0.2, 0) is 4.74 Å². The van der Waals surface area contributed by atoms with Gasteiger partial charge < -0.3 is 9.47 Å². The molecule has 0 radical (unpaired) electrons. The van der Waals surface area contributed by atoms with E-state index in [1.165, 1.54) is 42.1 Å². The highest BCUT2D eigenvalue weighted by molar-refractivity contribution is 6.07. The third-order valence-corrected chi connectivity index (χ3v) is 4.09. The molecule has 2 aromatic carbocycles. The SMILES string of the molecule is CC[C@@H](Oc1ccc(F)cc1)C(=O)n1cc(C(=O)OC)c2ccccc21. The van der Waals surface area contributed by atoms with Crippen molar-refractivity contribution in [1.82, 2.24) is 4.57 Å². The maximum Gasteiger partial charge on any atom is 0.340 e. The molecule has 3 aromatic rings. The molecule has 26 heavy (non-hydrogen) atoms. The molecule has 0 aliphatic rings. The summed E-state index contributed by atoms with van der Waals surface area (Å²) >= 11 is 0. The highest BCUT2D eigenvalue weighted by Gasteiger charge is 2.25. The van der Waals surface area contributed by atoms with Crippen LogP contribution in [0, 0.1) is 5.82 Å². The Morgan fingerprint density at radius 2 is 1.81 bits per heavy atom. The number of halogens is 1. The van der Waals surface area contributed by atoms with Crippen LogP contribution in [0.15, 0.2) is 54.7 Å². The molecule has 0 aliphatic carbocycles. The van der Waals surface area contributed by atoms with Gasteiger partial charge in [-0.15, -0.1) is 0 Å². The Balaban J connectivity index is 1.97. The second-order valence-electron chi connectivity index (χ2n) is 5.73. The number of para-hydroxylation sites is 1. The summed E-state index contributed by atoms with van der Waals surface area (Å²) in [4.78, 5) is 25.0. The first-order chi connectivity index (χ1) is 12.5. The monoisotopic (exact) mass is 355 g/mol. The summed E-state index contributed by atoms with van der Waals surface area (Å²) in [5.74, 6) is -0.810. The Morgan fingerprint density at radius 1 is 1.12 bits per heavy atom. The van der Waals surface area contributed by atoms with Crippen LogP contribution in [0.5, 0.6) is 5.75 Å². The average molecular weight is 355 g/mol. The minimum absolute atomic E-state index is 0.313. The molecular formula is C20H18FNO4. The van der Waals surface area contributed by atoms with Crippen LogP contribution in [0.1, 0.15) is 28.5 Å². The molecule has 0 fully saturated rings. The molecule has 6 heteroatoms. The van der Waals surface area contributed by atoms with Gasteiger partial charge in [-0.1, -0.05) is 25.1 Å². The molecule has 0 bridgehead atoms. The first kappa shape index (κ1) is 17.7. The van der Waals surface area contributed by atoms with Gasteiger partial charge in [-0.3, -0.25) is 9.36 Å². The zero-order chi connectivity index (χ0) is 18.7. The van der Waals surface area contributed by atoms with Gasteiger partial charge in [0.2, 0.25) is 0 Å². The van der Waals surface area contributed by atoms with Gasteiger partial charge in [0.1, 0.15) is 11.6 Å². The van der Waals surface area contributed by atoms with Crippen LogP contribution in [-0.4, -0.2) is 29.7 Å². The maximum atomic E-state index is 13.0. The topological polar surface area (TPSA) is 57.5 Å². The molecule has 3 rings (SSSR count). The summed E-state index contributed by atoms with van der Waals surface area (Å²) in [5.41, 5.74) is 0.909. The standard InChI is InChI=1S/C20H18FNO4/c1-3-18(26-14-10-8-13(21)9-11-14)19(23)22-12-16(20(24)25-2)15-6-4-5-7-17(15)22/h4-12,18H,3H2,1-2H3/t18-/m1/s1. The lowest BCUT2D eigenvalue weighted by molar-refractivity contribution is 0.0602. The second kappa shape index (κ2) is 7.39. The number of carbonyl (C=O) groups is 2. The number of esters is 1. The van der Waals surface area contributed by atoms with Crippen molar-refractivity contribution in [3.63, 3.8) is 0 Å². The van der Waals surface area contributed by atoms with Gasteiger partial charge in [-0.05, 0) is 36.8 Å². The smallest absolute Gasteiger partial charge is 0.340 e. The first-order valence-corrected chi connectivity index (χ1v) is 8.20. The summed E-state index contributed by atoms with van der Waals surface area (Å²) in [7, 11) is 1.29. The van der Waals surface area contributed by atoms with Crippen molar-refractivity contribution in [1.29, 1.82) is 0 Å². The van der Waals surface area contributed by atoms with Crippen LogP contribution < -0.4 is 4.74 Å². The van der Waals surface area contributed by atoms with Crippen molar-refractivity contribution in [2.24, 2.45) is 0 Å². The van der Waals surface area contributed by atoms with E-state index in [1.807, 2.05) is 6.92 Å². The zero-order valence-corrected chi connectivity index (χ0v) is 14.4. The summed E-state index contributed by atoms with van der Waals surface area (Å²) in [6.07, 6.45) is 1.10. The highest BCUT2D eigenvalue weighted by Crippen LogP contribution is 2.24. The number of hydrogen-bond donors (Lipinski definition) is 0. The minimum atomic E-state index is -0.776. The molecule has 0 unspecified atom stereocenters. The highest BCUT2D eigenvalue weighted by atomic mass is 19.1. The van der Waals surface area contributed by atoms with Crippen LogP contribution in [0.2, 0.25) is 0 Å². The summed E-state index contributed by atoms with van der Waals surface area (Å²) in [6, 6.07) is 12.6. The number of hydrogen-bond acceptors (Lipinski definition) is 4. The first-order valence-electron chi connectivity index (χ1n) is 8.20. The summed E-state index contributed by atoms with van der Waals surface area (Å²) in [5, 5.41) is 0.629. The fourth-order valence-electron chi connectivity index (χ4n) is 2.78. The molecular weight excluding hydrogens is 337 g/mol. The zero-order valence-electron chi connectivity index (χ0n) is 14.4. The Labute approximate surface area is 149 Å². The Morgan fingerprint density at radius 3 is 2.46 bits per heavy atom. The van der Waals surface area contributed by atoms with E-state index in [2.05, 4.69) is 0 Å². The molecule has 5 nitrogen and oxygen atoms in total. The van der Waals surface area contributed by atoms with Crippen LogP contribution in [0.3, 0.4) is 0 Å². The van der Waals surface area contributed by atoms with Gasteiger partial charge in [-0.25, -0.2) is 9.18 Å². The van der Waals surface area contributed by atoms with E-state index in [9.17, 15) is 14.0 Å². The van der Waals surface area contributed by atoms with Crippen LogP contribution >= 0.6 is 0 Å². The summed E-state index contributed by atoms with van der Waals surface area (Å²) in [6.45, 7) is 1.82. The van der Waals surface area contributed by atoms with Crippen molar-refractivity contribution < 1.29 is 23.5 Å². The van der Waals surface area contributed by atoms with Crippen LogP contribution in [0.25, 0.3) is 10.9 Å². The third kappa shape index (κ3) is 3.31. The lowest BCUT2D eigenvalue weighted by Gasteiger charge is -2.17. The fraction of sp³-hybridized carbons (Fsp3) is 0.200. The van der Waals surface area contributed by atoms with Crippen molar-refractivity contribution in [2.75, 3.05) is 7.11 Å². The fourth-order valence-corrected chi connectivity index (χ4v) is 2.78. The molecule has 1 aromatic heterocycles. The minimum Gasteiger partial charge on any atom is -0.481 e. The molecule has 1 heterocycles. The van der Waals surface area contributed by atoms with Crippen molar-refractivity contribution in [3.05, 3.63) is 66.1 Å². The predicted octanol–water partition coefficient (Wildman–Crippen LogP) is 4.06. The molecule has 0 amide bonds. The van der Waals surface area contributed by atoms with E-state index < -0.39 is 12.1 Å². The van der Waals surface area contributed by atoms with E-state index >= 15 is 0 Å². The Kier molecular flexibility index (Phi) is 5.02. The maximum absolute atomic E-state index is 13.0. The molecule has 0 spiro atoms. The van der Waals surface area contributed by atoms with E-state index in [1.54, 1.807) is 24.3 Å². The average Bonchev–Trinajstić information content (AvgIpc) is 3.06. The van der Waals surface area contributed by atoms with Gasteiger partial charge in [0.15, 0.2) is 6.10 Å². The third-order valence-electron chi connectivity index (χ3n) is 4.09. The number of fused-ring (bicyclic) bond motifs is 1. The molecule has 0 aliphatic heterocycles. The number of ether oxygens (including phenoxy) is 2. The van der Waals surface area contributed by atoms with Crippen LogP contribution in [0.4, 0.5) is 4.39 Å². The van der Waals surface area contributed by atoms with Crippen molar-refractivity contribution in [3.8, 4) is 5.75 Å². The lowest BCUT2D eigenvalue weighted by atomic mass is 10.2. The molecule has 1 atom stereocenters. The quantitative estimate of drug-likeness (QED) is 0.648. The van der Waals surface area contributed by atoms with Gasteiger partial charge in [0, 0.05) is 11.6 Å². The number of aromatic nitrogens is 1. The van der Waals surface area contributed by atoms with E-state index in [-0.39, 0.29) is 11.7 Å². The van der Waals surface area contributed by atoms with Gasteiger partial charge in [0.05, 0.1) is 18.2 Å². The van der Waals surface area contributed by atoms with Crippen molar-refractivity contribution in [2.45, 2.75) is 19.4 Å². The predicted molar refractivity (Wildman–Crippen MR) is 95.0 cm³/mol. The Bertz CT molecular complexity index is 946. The van der Waals surface area contributed by atoms with Gasteiger partial charge >= 0.3 is 5.97 Å².